The van der Waals surface area contributed by atoms with Crippen LogP contribution in [0, 0.1) is 6.92 Å². The van der Waals surface area contributed by atoms with Gasteiger partial charge in [0.25, 0.3) is 0 Å². The summed E-state index contributed by atoms with van der Waals surface area (Å²) in [5, 5.41) is 6.96. The van der Waals surface area contributed by atoms with Crippen LogP contribution in [0.1, 0.15) is 30.4 Å². The van der Waals surface area contributed by atoms with E-state index in [1.165, 1.54) is 5.56 Å². The molecule has 1 atom stereocenters. The second-order valence-electron chi connectivity index (χ2n) is 8.23. The summed E-state index contributed by atoms with van der Waals surface area (Å²) in [4.78, 5) is 6.72. The highest BCUT2D eigenvalue weighted by Crippen LogP contribution is 2.25. The van der Waals surface area contributed by atoms with Crippen molar-refractivity contribution in [3.05, 3.63) is 29.3 Å². The molecule has 0 aliphatic carbocycles. The molecule has 0 bridgehead atoms. The van der Waals surface area contributed by atoms with E-state index in [1.807, 2.05) is 7.05 Å². The van der Waals surface area contributed by atoms with Crippen molar-refractivity contribution >= 4 is 5.96 Å². The molecular weight excluding hydrogens is 368 g/mol. The summed E-state index contributed by atoms with van der Waals surface area (Å²) < 4.78 is 17.2. The Balaban J connectivity index is 1.59. The molecule has 162 valence electrons. The van der Waals surface area contributed by atoms with Gasteiger partial charge in [-0.05, 0) is 45.5 Å². The summed E-state index contributed by atoms with van der Waals surface area (Å²) >= 11 is 0. The first-order valence-electron chi connectivity index (χ1n) is 10.6. The number of guanidine groups is 1. The molecule has 1 aromatic carbocycles. The van der Waals surface area contributed by atoms with Gasteiger partial charge < -0.3 is 29.7 Å². The molecule has 0 spiro atoms. The number of nitrogens with zero attached hydrogens (tertiary/aromatic N) is 2. The highest BCUT2D eigenvalue weighted by Gasteiger charge is 2.34. The number of nitrogens with one attached hydrogen (secondary N) is 2. The summed E-state index contributed by atoms with van der Waals surface area (Å²) in [7, 11) is 6.10. The molecule has 3 rings (SSSR count). The molecular formula is C22H36N4O3. The first-order valence-corrected chi connectivity index (χ1v) is 10.6. The lowest BCUT2D eigenvalue weighted by atomic mass is 9.88. The zero-order valence-corrected chi connectivity index (χ0v) is 18.3. The average Bonchev–Trinajstić information content (AvgIpc) is 3.23. The molecule has 0 radical (unpaired) electrons. The zero-order chi connectivity index (χ0) is 20.7. The van der Waals surface area contributed by atoms with Crippen LogP contribution in [0.5, 0.6) is 5.75 Å². The van der Waals surface area contributed by atoms with Crippen molar-refractivity contribution in [2.45, 2.75) is 44.4 Å². The van der Waals surface area contributed by atoms with Crippen molar-refractivity contribution in [3.63, 3.8) is 0 Å². The van der Waals surface area contributed by atoms with Gasteiger partial charge in [0.2, 0.25) is 0 Å². The minimum absolute atomic E-state index is 0.0937. The predicted molar refractivity (Wildman–Crippen MR) is 116 cm³/mol. The van der Waals surface area contributed by atoms with Gasteiger partial charge in [0.15, 0.2) is 5.96 Å². The molecule has 2 aliphatic rings. The Morgan fingerprint density at radius 1 is 1.21 bits per heavy atom. The second-order valence-corrected chi connectivity index (χ2v) is 8.23. The molecule has 1 aromatic rings. The van der Waals surface area contributed by atoms with Crippen LogP contribution in [0.25, 0.3) is 0 Å². The van der Waals surface area contributed by atoms with Crippen LogP contribution in [0.3, 0.4) is 0 Å². The number of benzene rings is 1. The third kappa shape index (κ3) is 5.84. The molecule has 7 nitrogen and oxygen atoms in total. The Morgan fingerprint density at radius 3 is 2.66 bits per heavy atom. The Hall–Kier alpha value is -1.83. The maximum Gasteiger partial charge on any atom is 0.191 e. The maximum atomic E-state index is 6.21. The molecule has 1 unspecified atom stereocenters. The van der Waals surface area contributed by atoms with E-state index in [1.54, 1.807) is 0 Å². The summed E-state index contributed by atoms with van der Waals surface area (Å²) in [6.07, 6.45) is 3.12. The number of hydrogen-bond acceptors (Lipinski definition) is 5. The van der Waals surface area contributed by atoms with E-state index in [4.69, 9.17) is 14.2 Å². The molecule has 29 heavy (non-hydrogen) atoms. The molecule has 0 amide bonds. The number of likely N-dealkylation sites (N-methyl/N-ethyl adjacent to an activating group) is 1. The summed E-state index contributed by atoms with van der Waals surface area (Å²) in [6.45, 7) is 6.63. The van der Waals surface area contributed by atoms with Gasteiger partial charge in [0, 0.05) is 50.9 Å². The molecule has 2 heterocycles. The van der Waals surface area contributed by atoms with Gasteiger partial charge in [-0.3, -0.25) is 4.99 Å². The molecule has 2 aliphatic heterocycles. The lowest BCUT2D eigenvalue weighted by Gasteiger charge is -2.43. The summed E-state index contributed by atoms with van der Waals surface area (Å²) in [5.41, 5.74) is 2.41. The topological polar surface area (TPSA) is 67.4 Å². The maximum absolute atomic E-state index is 6.21. The van der Waals surface area contributed by atoms with Crippen molar-refractivity contribution < 1.29 is 14.2 Å². The van der Waals surface area contributed by atoms with Crippen LogP contribution in [0.15, 0.2) is 23.2 Å². The lowest BCUT2D eigenvalue weighted by Crippen LogP contribution is -2.57. The van der Waals surface area contributed by atoms with Gasteiger partial charge in [-0.25, -0.2) is 0 Å². The Bertz CT molecular complexity index is 681. The summed E-state index contributed by atoms with van der Waals surface area (Å²) in [6, 6.07) is 6.35. The third-order valence-corrected chi connectivity index (χ3v) is 6.03. The van der Waals surface area contributed by atoms with Crippen molar-refractivity contribution in [2.75, 3.05) is 54.1 Å². The minimum Gasteiger partial charge on any atom is -0.488 e. The molecule has 2 N–H and O–H groups in total. The van der Waals surface area contributed by atoms with Crippen LogP contribution in [0.4, 0.5) is 0 Å². The van der Waals surface area contributed by atoms with Crippen molar-refractivity contribution in [2.24, 2.45) is 4.99 Å². The van der Waals surface area contributed by atoms with Crippen molar-refractivity contribution in [1.82, 2.24) is 15.5 Å². The van der Waals surface area contributed by atoms with Crippen LogP contribution in [-0.4, -0.2) is 76.6 Å². The zero-order valence-electron chi connectivity index (χ0n) is 18.3. The highest BCUT2D eigenvalue weighted by atomic mass is 16.5. The third-order valence-electron chi connectivity index (χ3n) is 6.03. The Labute approximate surface area is 174 Å². The van der Waals surface area contributed by atoms with E-state index >= 15 is 0 Å². The van der Waals surface area contributed by atoms with Gasteiger partial charge in [-0.15, -0.1) is 0 Å². The van der Waals surface area contributed by atoms with Crippen molar-refractivity contribution in [1.29, 1.82) is 0 Å². The van der Waals surface area contributed by atoms with Crippen LogP contribution in [0.2, 0.25) is 0 Å². The first-order chi connectivity index (χ1) is 14.0. The van der Waals surface area contributed by atoms with Crippen LogP contribution in [-0.2, 0) is 16.0 Å². The summed E-state index contributed by atoms with van der Waals surface area (Å²) in [5.74, 6) is 1.73. The monoisotopic (exact) mass is 404 g/mol. The highest BCUT2D eigenvalue weighted by molar-refractivity contribution is 5.79. The van der Waals surface area contributed by atoms with Gasteiger partial charge >= 0.3 is 0 Å². The fourth-order valence-electron chi connectivity index (χ4n) is 3.88. The SMILES string of the molecule is CN=C(NCc1ccc(C)cc1OC1CCOC1)NCC1(N(C)C)CCOCC1. The normalized spacial score (nSPS) is 22.0. The van der Waals surface area contributed by atoms with Gasteiger partial charge in [0.1, 0.15) is 11.9 Å². The lowest BCUT2D eigenvalue weighted by molar-refractivity contribution is -0.00501. The van der Waals surface area contributed by atoms with E-state index in [-0.39, 0.29) is 11.6 Å². The molecule has 7 heteroatoms. The van der Waals surface area contributed by atoms with Crippen molar-refractivity contribution in [3.8, 4) is 5.75 Å². The van der Waals surface area contributed by atoms with E-state index < -0.39 is 0 Å². The molecule has 2 fully saturated rings. The smallest absolute Gasteiger partial charge is 0.191 e. The average molecular weight is 405 g/mol. The van der Waals surface area contributed by atoms with Gasteiger partial charge in [-0.1, -0.05) is 12.1 Å². The second kappa shape index (κ2) is 10.3. The number of rotatable bonds is 7. The quantitative estimate of drug-likeness (QED) is 0.535. The number of aliphatic imine (C=N–C) groups is 1. The van der Waals surface area contributed by atoms with Crippen LogP contribution < -0.4 is 15.4 Å². The fraction of sp³-hybridized carbons (Fsp3) is 0.682. The number of hydrogen-bond donors (Lipinski definition) is 2. The molecule has 0 saturated carbocycles. The van der Waals surface area contributed by atoms with E-state index in [0.29, 0.717) is 13.2 Å². The number of ether oxygens (including phenoxy) is 3. The Kier molecular flexibility index (Phi) is 7.75. The standard InChI is InChI=1S/C22H36N4O3/c1-17-5-6-18(20(13-17)29-19-7-10-28-15-19)14-24-21(23-2)25-16-22(26(3)4)8-11-27-12-9-22/h5-6,13,19H,7-12,14-16H2,1-4H3,(H2,23,24,25). The minimum atomic E-state index is 0.0937. The van der Waals surface area contributed by atoms with E-state index in [0.717, 1.165) is 62.9 Å². The van der Waals surface area contributed by atoms with Crippen LogP contribution >= 0.6 is 0 Å². The van der Waals surface area contributed by atoms with Gasteiger partial charge in [-0.2, -0.15) is 0 Å². The first kappa shape index (κ1) is 21.9. The van der Waals surface area contributed by atoms with E-state index in [2.05, 4.69) is 59.7 Å². The predicted octanol–water partition coefficient (Wildman–Crippen LogP) is 1.94. The largest absolute Gasteiger partial charge is 0.488 e. The van der Waals surface area contributed by atoms with E-state index in [9.17, 15) is 0 Å². The fourth-order valence-corrected chi connectivity index (χ4v) is 3.88. The Morgan fingerprint density at radius 2 is 2.00 bits per heavy atom. The molecule has 2 saturated heterocycles. The molecule has 0 aromatic heterocycles. The van der Waals surface area contributed by atoms with Gasteiger partial charge in [0.05, 0.1) is 13.2 Å². The number of aryl methyl sites for hydroxylation is 1.